The van der Waals surface area contributed by atoms with Gasteiger partial charge in [-0.25, -0.2) is 9.48 Å². The molecule has 1 heterocycles. The summed E-state index contributed by atoms with van der Waals surface area (Å²) in [6.45, 7) is 1.66. The number of nitrogens with zero attached hydrogens (tertiary/aromatic N) is 2. The van der Waals surface area contributed by atoms with Gasteiger partial charge in [0, 0.05) is 16.9 Å². The number of benzene rings is 1. The maximum absolute atomic E-state index is 11.9. The number of nitrogens with one attached hydrogen (secondary N) is 1. The maximum Gasteiger partial charge on any atom is 0.354 e. The minimum atomic E-state index is -1.13. The molecular weight excluding hydrogens is 282 g/mol. The molecular formula is C13H12ClN3O3. The lowest BCUT2D eigenvalue weighted by Gasteiger charge is -2.09. The quantitative estimate of drug-likeness (QED) is 0.905. The zero-order valence-corrected chi connectivity index (χ0v) is 11.4. The number of carboxylic acid groups (broad SMARTS) is 1. The van der Waals surface area contributed by atoms with Gasteiger partial charge in [0.1, 0.15) is 12.2 Å². The molecule has 1 aromatic carbocycles. The van der Waals surface area contributed by atoms with Crippen LogP contribution in [0.5, 0.6) is 0 Å². The number of aromatic carboxylic acids is 1. The number of carbonyl (C=O) groups is 2. The molecule has 0 bridgehead atoms. The van der Waals surface area contributed by atoms with Crippen molar-refractivity contribution < 1.29 is 14.7 Å². The maximum atomic E-state index is 11.9. The van der Waals surface area contributed by atoms with Crippen LogP contribution in [0.1, 0.15) is 16.1 Å². The number of anilines is 1. The van der Waals surface area contributed by atoms with Crippen LogP contribution in [-0.4, -0.2) is 26.8 Å². The van der Waals surface area contributed by atoms with E-state index >= 15 is 0 Å². The zero-order valence-electron chi connectivity index (χ0n) is 10.6. The number of aromatic nitrogens is 2. The fourth-order valence-electron chi connectivity index (χ4n) is 1.69. The number of carbonyl (C=O) groups excluding carboxylic acids is 1. The summed E-state index contributed by atoms with van der Waals surface area (Å²) in [5.41, 5.74) is 1.41. The van der Waals surface area contributed by atoms with E-state index in [4.69, 9.17) is 16.7 Å². The minimum Gasteiger partial charge on any atom is -0.477 e. The Labute approximate surface area is 120 Å². The number of halogens is 1. The highest BCUT2D eigenvalue weighted by Gasteiger charge is 2.13. The van der Waals surface area contributed by atoms with Crippen molar-refractivity contribution in [2.75, 3.05) is 5.32 Å². The Bertz CT molecular complexity index is 667. The summed E-state index contributed by atoms with van der Waals surface area (Å²) in [5, 5.41) is 15.9. The van der Waals surface area contributed by atoms with E-state index in [1.54, 1.807) is 18.2 Å². The van der Waals surface area contributed by atoms with Gasteiger partial charge in [0.15, 0.2) is 0 Å². The Balaban J connectivity index is 2.11. The fourth-order valence-corrected chi connectivity index (χ4v) is 1.87. The Morgan fingerprint density at radius 2 is 2.15 bits per heavy atom. The second-order valence-electron chi connectivity index (χ2n) is 4.19. The average Bonchev–Trinajstić information content (AvgIpc) is 2.82. The first-order chi connectivity index (χ1) is 9.47. The predicted octanol–water partition coefficient (Wildman–Crippen LogP) is 2.18. The molecule has 0 aliphatic rings. The van der Waals surface area contributed by atoms with Gasteiger partial charge in [-0.05, 0) is 30.7 Å². The van der Waals surface area contributed by atoms with E-state index < -0.39 is 5.97 Å². The summed E-state index contributed by atoms with van der Waals surface area (Å²) >= 11 is 5.86. The first-order valence-corrected chi connectivity index (χ1v) is 6.16. The van der Waals surface area contributed by atoms with Crippen molar-refractivity contribution in [3.05, 3.63) is 46.7 Å². The van der Waals surface area contributed by atoms with Gasteiger partial charge in [-0.2, -0.15) is 5.10 Å². The zero-order chi connectivity index (χ0) is 14.7. The number of amides is 1. The third-order valence-electron chi connectivity index (χ3n) is 2.70. The summed E-state index contributed by atoms with van der Waals surface area (Å²) in [6, 6.07) is 6.48. The van der Waals surface area contributed by atoms with Gasteiger partial charge < -0.3 is 10.4 Å². The largest absolute Gasteiger partial charge is 0.477 e. The van der Waals surface area contributed by atoms with Crippen LogP contribution in [0.3, 0.4) is 0 Å². The van der Waals surface area contributed by atoms with Gasteiger partial charge in [0.25, 0.3) is 0 Å². The van der Waals surface area contributed by atoms with Gasteiger partial charge >= 0.3 is 5.97 Å². The van der Waals surface area contributed by atoms with Crippen LogP contribution in [0.4, 0.5) is 5.69 Å². The van der Waals surface area contributed by atoms with E-state index in [0.29, 0.717) is 10.7 Å². The van der Waals surface area contributed by atoms with Crippen LogP contribution in [-0.2, 0) is 11.3 Å². The molecule has 0 aliphatic heterocycles. The molecule has 104 valence electrons. The van der Waals surface area contributed by atoms with Gasteiger partial charge in [0.05, 0.1) is 0 Å². The van der Waals surface area contributed by atoms with E-state index in [0.717, 1.165) is 10.2 Å². The normalized spacial score (nSPS) is 10.3. The lowest BCUT2D eigenvalue weighted by atomic mass is 10.2. The highest BCUT2D eigenvalue weighted by molar-refractivity contribution is 6.31. The highest BCUT2D eigenvalue weighted by Crippen LogP contribution is 2.20. The number of carboxylic acids is 1. The molecule has 2 N–H and O–H groups in total. The standard InChI is InChI=1S/C13H12ClN3O3/c1-8-2-3-9(14)6-10(8)16-12(18)7-17-11(13(19)20)4-5-15-17/h2-6H,7H2,1H3,(H,16,18)(H,19,20). The Morgan fingerprint density at radius 3 is 2.85 bits per heavy atom. The molecule has 0 aliphatic carbocycles. The Morgan fingerprint density at radius 1 is 1.40 bits per heavy atom. The predicted molar refractivity (Wildman–Crippen MR) is 74.0 cm³/mol. The lowest BCUT2D eigenvalue weighted by molar-refractivity contribution is -0.116. The molecule has 1 amide bonds. The Kier molecular flexibility index (Phi) is 4.05. The summed E-state index contributed by atoms with van der Waals surface area (Å²) in [4.78, 5) is 22.8. The molecule has 0 fully saturated rings. The number of hydrogen-bond acceptors (Lipinski definition) is 3. The summed E-state index contributed by atoms with van der Waals surface area (Å²) < 4.78 is 1.12. The summed E-state index contributed by atoms with van der Waals surface area (Å²) in [6.07, 6.45) is 1.33. The van der Waals surface area contributed by atoms with Crippen LogP contribution in [0.2, 0.25) is 5.02 Å². The fraction of sp³-hybridized carbons (Fsp3) is 0.154. The smallest absolute Gasteiger partial charge is 0.354 e. The third kappa shape index (κ3) is 3.16. The van der Waals surface area contributed by atoms with Crippen molar-refractivity contribution in [1.82, 2.24) is 9.78 Å². The SMILES string of the molecule is Cc1ccc(Cl)cc1NC(=O)Cn1nccc1C(=O)O. The van der Waals surface area contributed by atoms with Crippen LogP contribution >= 0.6 is 11.6 Å². The molecule has 0 atom stereocenters. The third-order valence-corrected chi connectivity index (χ3v) is 2.94. The first kappa shape index (κ1) is 14.1. The minimum absolute atomic E-state index is 0.0389. The molecule has 0 saturated carbocycles. The van der Waals surface area contributed by atoms with Crippen molar-refractivity contribution in [2.45, 2.75) is 13.5 Å². The molecule has 0 unspecified atom stereocenters. The van der Waals surface area contributed by atoms with Crippen molar-refractivity contribution >= 4 is 29.2 Å². The number of aryl methyl sites for hydroxylation is 1. The highest BCUT2D eigenvalue weighted by atomic mass is 35.5. The molecule has 0 saturated heterocycles. The van der Waals surface area contributed by atoms with Crippen molar-refractivity contribution in [3.63, 3.8) is 0 Å². The monoisotopic (exact) mass is 293 g/mol. The topological polar surface area (TPSA) is 84.2 Å². The average molecular weight is 294 g/mol. The second kappa shape index (κ2) is 5.75. The van der Waals surface area contributed by atoms with E-state index in [2.05, 4.69) is 10.4 Å². The first-order valence-electron chi connectivity index (χ1n) is 5.78. The Hall–Kier alpha value is -2.34. The molecule has 0 radical (unpaired) electrons. The molecule has 2 rings (SSSR count). The van der Waals surface area contributed by atoms with Crippen LogP contribution in [0.25, 0.3) is 0 Å². The molecule has 1 aromatic heterocycles. The number of hydrogen-bond donors (Lipinski definition) is 2. The van der Waals surface area contributed by atoms with E-state index in [9.17, 15) is 9.59 Å². The number of rotatable bonds is 4. The summed E-state index contributed by atoms with van der Waals surface area (Å²) in [5.74, 6) is -1.50. The molecule has 20 heavy (non-hydrogen) atoms. The van der Waals surface area contributed by atoms with Gasteiger partial charge in [-0.3, -0.25) is 4.79 Å². The van der Waals surface area contributed by atoms with Crippen LogP contribution in [0.15, 0.2) is 30.5 Å². The van der Waals surface area contributed by atoms with Crippen LogP contribution in [0, 0.1) is 6.92 Å². The lowest BCUT2D eigenvalue weighted by Crippen LogP contribution is -2.22. The van der Waals surface area contributed by atoms with E-state index in [1.165, 1.54) is 12.3 Å². The summed E-state index contributed by atoms with van der Waals surface area (Å²) in [7, 11) is 0. The van der Waals surface area contributed by atoms with E-state index in [1.807, 2.05) is 6.92 Å². The van der Waals surface area contributed by atoms with Gasteiger partial charge in [0.2, 0.25) is 5.91 Å². The van der Waals surface area contributed by atoms with Crippen molar-refractivity contribution in [3.8, 4) is 0 Å². The van der Waals surface area contributed by atoms with Gasteiger partial charge in [-0.1, -0.05) is 17.7 Å². The van der Waals surface area contributed by atoms with E-state index in [-0.39, 0.29) is 18.1 Å². The van der Waals surface area contributed by atoms with Crippen molar-refractivity contribution in [2.24, 2.45) is 0 Å². The van der Waals surface area contributed by atoms with Crippen molar-refractivity contribution in [1.29, 1.82) is 0 Å². The van der Waals surface area contributed by atoms with Crippen LogP contribution < -0.4 is 5.32 Å². The molecule has 0 spiro atoms. The molecule has 2 aromatic rings. The molecule has 6 nitrogen and oxygen atoms in total. The van der Waals surface area contributed by atoms with Gasteiger partial charge in [-0.15, -0.1) is 0 Å². The second-order valence-corrected chi connectivity index (χ2v) is 4.62. The molecule has 7 heteroatoms.